The van der Waals surface area contributed by atoms with Crippen LogP contribution in [0, 0.1) is 13.8 Å². The first-order chi connectivity index (χ1) is 10.2. The molecule has 104 valence electrons. The quantitative estimate of drug-likeness (QED) is 0.561. The van der Waals surface area contributed by atoms with E-state index in [1.165, 1.54) is 10.8 Å². The molecule has 0 amide bonds. The molecule has 0 unspecified atom stereocenters. The lowest BCUT2D eigenvalue weighted by Crippen LogP contribution is -2.10. The molecule has 0 saturated heterocycles. The molecule has 0 radical (unpaired) electrons. The average Bonchev–Trinajstić information content (AvgIpc) is 3.00. The summed E-state index contributed by atoms with van der Waals surface area (Å²) >= 11 is 0. The number of nitrogens with zero attached hydrogens (tertiary/aromatic N) is 4. The Morgan fingerprint density at radius 1 is 0.714 bits per heavy atom. The summed E-state index contributed by atoms with van der Waals surface area (Å²) in [5, 5.41) is 11.7. The van der Waals surface area contributed by atoms with Crippen molar-refractivity contribution in [3.05, 3.63) is 59.9 Å². The minimum atomic E-state index is 0.628. The maximum atomic E-state index is 4.66. The summed E-state index contributed by atoms with van der Waals surface area (Å²) in [6, 6.07) is 16.6. The van der Waals surface area contributed by atoms with Crippen molar-refractivity contribution in [2.24, 2.45) is 0 Å². The number of aromatic nitrogens is 4. The van der Waals surface area contributed by atoms with E-state index < -0.39 is 0 Å². The molecule has 4 heteroatoms. The van der Waals surface area contributed by atoms with Crippen LogP contribution in [0.1, 0.15) is 11.4 Å². The Morgan fingerprint density at radius 3 is 1.62 bits per heavy atom. The molecule has 4 aromatic rings. The van der Waals surface area contributed by atoms with Crippen LogP contribution < -0.4 is 0 Å². The van der Waals surface area contributed by atoms with Crippen molar-refractivity contribution in [3.63, 3.8) is 0 Å². The van der Waals surface area contributed by atoms with Gasteiger partial charge in [0.25, 0.3) is 0 Å². The molecule has 4 rings (SSSR count). The third-order valence-corrected chi connectivity index (χ3v) is 3.95. The molecule has 2 aromatic heterocycles. The number of rotatable bonds is 2. The van der Waals surface area contributed by atoms with Gasteiger partial charge in [-0.05, 0) is 26.0 Å². The average molecular weight is 276 g/mol. The van der Waals surface area contributed by atoms with Crippen LogP contribution in [0.4, 0.5) is 0 Å². The molecule has 0 aliphatic rings. The van der Waals surface area contributed by atoms with E-state index in [1.807, 2.05) is 35.3 Å². The lowest BCUT2D eigenvalue weighted by Gasteiger charge is -2.05. The van der Waals surface area contributed by atoms with E-state index in [2.05, 4.69) is 46.6 Å². The van der Waals surface area contributed by atoms with E-state index in [1.54, 1.807) is 0 Å². The molecule has 0 spiro atoms. The molecular weight excluding hydrogens is 260 g/mol. The predicted octanol–water partition coefficient (Wildman–Crippen LogP) is 3.51. The summed E-state index contributed by atoms with van der Waals surface area (Å²) in [6.45, 7) is 4.72. The van der Waals surface area contributed by atoms with E-state index in [4.69, 9.17) is 0 Å². The highest BCUT2D eigenvalue weighted by Crippen LogP contribution is 2.20. The van der Waals surface area contributed by atoms with Crippen molar-refractivity contribution < 1.29 is 0 Å². The molecule has 0 fully saturated rings. The normalized spacial score (nSPS) is 11.5. The van der Waals surface area contributed by atoms with Crippen molar-refractivity contribution >= 4 is 21.8 Å². The molecule has 0 bridgehead atoms. The third-order valence-electron chi connectivity index (χ3n) is 3.95. The zero-order valence-corrected chi connectivity index (χ0v) is 12.1. The SMILES string of the molecule is Cc1nn(Cn2nc(C)c3ccccc32)c2ccccc12. The van der Waals surface area contributed by atoms with E-state index in [9.17, 15) is 0 Å². The Balaban J connectivity index is 1.87. The second-order valence-corrected chi connectivity index (χ2v) is 5.35. The Kier molecular flexibility index (Phi) is 2.57. The fourth-order valence-corrected chi connectivity index (χ4v) is 2.93. The van der Waals surface area contributed by atoms with Gasteiger partial charge in [-0.25, -0.2) is 9.36 Å². The van der Waals surface area contributed by atoms with Crippen molar-refractivity contribution in [1.29, 1.82) is 0 Å². The standard InChI is InChI=1S/C17H16N4/c1-12-14-7-3-5-9-16(14)20(18-12)11-21-17-10-6-4-8-15(17)13(2)19-21/h3-10H,11H2,1-2H3. The number of hydrogen-bond donors (Lipinski definition) is 0. The Bertz CT molecular complexity index is 868. The molecule has 0 N–H and O–H groups in total. The van der Waals surface area contributed by atoms with Crippen LogP contribution in [-0.2, 0) is 6.67 Å². The van der Waals surface area contributed by atoms with Crippen LogP contribution in [0.3, 0.4) is 0 Å². The van der Waals surface area contributed by atoms with Crippen LogP contribution in [0.25, 0.3) is 21.8 Å². The molecule has 2 aromatic carbocycles. The summed E-state index contributed by atoms with van der Waals surface area (Å²) < 4.78 is 4.03. The van der Waals surface area contributed by atoms with Crippen molar-refractivity contribution in [3.8, 4) is 0 Å². The van der Waals surface area contributed by atoms with Gasteiger partial charge in [0.2, 0.25) is 0 Å². The minimum Gasteiger partial charge on any atom is -0.243 e. The molecule has 4 nitrogen and oxygen atoms in total. The largest absolute Gasteiger partial charge is 0.243 e. The molecule has 0 saturated carbocycles. The van der Waals surface area contributed by atoms with E-state index in [0.717, 1.165) is 22.4 Å². The van der Waals surface area contributed by atoms with Crippen LogP contribution in [0.2, 0.25) is 0 Å². The summed E-state index contributed by atoms with van der Waals surface area (Å²) in [4.78, 5) is 0. The van der Waals surface area contributed by atoms with Crippen LogP contribution in [-0.4, -0.2) is 19.6 Å². The minimum absolute atomic E-state index is 0.628. The van der Waals surface area contributed by atoms with E-state index >= 15 is 0 Å². The number of fused-ring (bicyclic) bond motifs is 2. The Hall–Kier alpha value is -2.62. The highest BCUT2D eigenvalue weighted by Gasteiger charge is 2.10. The first-order valence-electron chi connectivity index (χ1n) is 7.08. The second kappa shape index (κ2) is 4.45. The molecule has 0 aliphatic carbocycles. The van der Waals surface area contributed by atoms with Crippen LogP contribution in [0.5, 0.6) is 0 Å². The number of aryl methyl sites for hydroxylation is 2. The van der Waals surface area contributed by atoms with Crippen LogP contribution >= 0.6 is 0 Å². The number of para-hydroxylation sites is 2. The first kappa shape index (κ1) is 12.1. The number of benzene rings is 2. The third kappa shape index (κ3) is 1.83. The molecule has 2 heterocycles. The summed E-state index contributed by atoms with van der Waals surface area (Å²) in [6.07, 6.45) is 0. The van der Waals surface area contributed by atoms with Gasteiger partial charge in [-0.2, -0.15) is 10.2 Å². The monoisotopic (exact) mass is 276 g/mol. The van der Waals surface area contributed by atoms with Gasteiger partial charge in [-0.3, -0.25) is 0 Å². The van der Waals surface area contributed by atoms with Crippen LogP contribution in [0.15, 0.2) is 48.5 Å². The van der Waals surface area contributed by atoms with E-state index in [0.29, 0.717) is 6.67 Å². The van der Waals surface area contributed by atoms with Gasteiger partial charge in [-0.1, -0.05) is 36.4 Å². The van der Waals surface area contributed by atoms with E-state index in [-0.39, 0.29) is 0 Å². The fourth-order valence-electron chi connectivity index (χ4n) is 2.93. The second-order valence-electron chi connectivity index (χ2n) is 5.35. The summed E-state index contributed by atoms with van der Waals surface area (Å²) in [5.41, 5.74) is 4.40. The number of hydrogen-bond acceptors (Lipinski definition) is 2. The van der Waals surface area contributed by atoms with Crippen molar-refractivity contribution in [2.45, 2.75) is 20.5 Å². The molecular formula is C17H16N4. The topological polar surface area (TPSA) is 35.6 Å². The molecule has 0 aliphatic heterocycles. The van der Waals surface area contributed by atoms with Gasteiger partial charge in [-0.15, -0.1) is 0 Å². The van der Waals surface area contributed by atoms with Gasteiger partial charge >= 0.3 is 0 Å². The van der Waals surface area contributed by atoms with Crippen molar-refractivity contribution in [2.75, 3.05) is 0 Å². The first-order valence-corrected chi connectivity index (χ1v) is 7.08. The summed E-state index contributed by atoms with van der Waals surface area (Å²) in [5.74, 6) is 0. The highest BCUT2D eigenvalue weighted by molar-refractivity contribution is 5.83. The van der Waals surface area contributed by atoms with Gasteiger partial charge in [0.15, 0.2) is 0 Å². The maximum absolute atomic E-state index is 4.66. The highest BCUT2D eigenvalue weighted by atomic mass is 15.4. The zero-order chi connectivity index (χ0) is 14.4. The van der Waals surface area contributed by atoms with Gasteiger partial charge < -0.3 is 0 Å². The fraction of sp³-hybridized carbons (Fsp3) is 0.176. The maximum Gasteiger partial charge on any atom is 0.134 e. The lowest BCUT2D eigenvalue weighted by molar-refractivity contribution is 0.524. The smallest absolute Gasteiger partial charge is 0.134 e. The predicted molar refractivity (Wildman–Crippen MR) is 84.3 cm³/mol. The van der Waals surface area contributed by atoms with Crippen molar-refractivity contribution in [1.82, 2.24) is 19.6 Å². The van der Waals surface area contributed by atoms with Gasteiger partial charge in [0.1, 0.15) is 6.67 Å². The lowest BCUT2D eigenvalue weighted by atomic mass is 10.2. The Labute approximate surface area is 122 Å². The van der Waals surface area contributed by atoms with Gasteiger partial charge in [0.05, 0.1) is 22.4 Å². The van der Waals surface area contributed by atoms with Gasteiger partial charge in [0, 0.05) is 10.8 Å². The zero-order valence-electron chi connectivity index (χ0n) is 12.1. The molecule has 21 heavy (non-hydrogen) atoms. The molecule has 0 atom stereocenters. The Morgan fingerprint density at radius 2 is 1.14 bits per heavy atom. The summed E-state index contributed by atoms with van der Waals surface area (Å²) in [7, 11) is 0.